The molecule has 0 spiro atoms. The Bertz CT molecular complexity index is 1090. The standard InChI is InChI=1S/C27H33N3O4/c1-3-4-5-8-18-34-20-14-12-19(13-15-20)26-23-24(21-10-6-7-11-22(21)31)28-29-25(23)27(32)30(26)16-9-17-33-2/h6-7,10-15,26,31H,3-5,8-9,16-18H2,1-2H3,(H,28,29)/t26-/m0/s1. The monoisotopic (exact) mass is 463 g/mol. The molecule has 2 aromatic carbocycles. The van der Waals surface area contributed by atoms with Crippen molar-refractivity contribution < 1.29 is 19.4 Å². The second-order valence-electron chi connectivity index (χ2n) is 8.60. The molecule has 0 saturated carbocycles. The van der Waals surface area contributed by atoms with Crippen LogP contribution in [0.25, 0.3) is 11.3 Å². The van der Waals surface area contributed by atoms with E-state index in [9.17, 15) is 9.90 Å². The van der Waals surface area contributed by atoms with Crippen LogP contribution < -0.4 is 4.74 Å². The van der Waals surface area contributed by atoms with E-state index in [4.69, 9.17) is 9.47 Å². The van der Waals surface area contributed by atoms with Gasteiger partial charge in [0.15, 0.2) is 0 Å². The van der Waals surface area contributed by atoms with Crippen LogP contribution in [0.4, 0.5) is 0 Å². The number of amides is 1. The van der Waals surface area contributed by atoms with Crippen molar-refractivity contribution in [1.82, 2.24) is 15.1 Å². The number of hydrogen-bond acceptors (Lipinski definition) is 5. The summed E-state index contributed by atoms with van der Waals surface area (Å²) >= 11 is 0. The van der Waals surface area contributed by atoms with Crippen LogP contribution in [-0.2, 0) is 4.74 Å². The van der Waals surface area contributed by atoms with Crippen LogP contribution >= 0.6 is 0 Å². The number of benzene rings is 2. The Morgan fingerprint density at radius 1 is 1.03 bits per heavy atom. The predicted octanol–water partition coefficient (Wildman–Crippen LogP) is 5.32. The molecule has 1 aliphatic heterocycles. The molecule has 34 heavy (non-hydrogen) atoms. The zero-order valence-corrected chi connectivity index (χ0v) is 19.9. The lowest BCUT2D eigenvalue weighted by atomic mass is 9.95. The van der Waals surface area contributed by atoms with Crippen LogP contribution in [-0.4, -0.2) is 53.0 Å². The highest BCUT2D eigenvalue weighted by molar-refractivity contribution is 6.00. The second-order valence-corrected chi connectivity index (χ2v) is 8.60. The van der Waals surface area contributed by atoms with Crippen molar-refractivity contribution in [3.63, 3.8) is 0 Å². The van der Waals surface area contributed by atoms with E-state index in [-0.39, 0.29) is 17.7 Å². The molecule has 2 heterocycles. The number of rotatable bonds is 12. The average molecular weight is 464 g/mol. The number of aromatic amines is 1. The molecular formula is C27H33N3O4. The molecular weight excluding hydrogens is 430 g/mol. The summed E-state index contributed by atoms with van der Waals surface area (Å²) in [6, 6.07) is 14.7. The number of phenolic OH excluding ortho intramolecular Hbond substituents is 1. The van der Waals surface area contributed by atoms with Gasteiger partial charge >= 0.3 is 0 Å². The molecule has 7 nitrogen and oxygen atoms in total. The van der Waals surface area contributed by atoms with E-state index in [1.54, 1.807) is 19.2 Å². The summed E-state index contributed by atoms with van der Waals surface area (Å²) in [5, 5.41) is 17.8. The maximum absolute atomic E-state index is 13.3. The fourth-order valence-electron chi connectivity index (χ4n) is 4.50. The van der Waals surface area contributed by atoms with Crippen molar-refractivity contribution in [3.8, 4) is 22.8 Å². The van der Waals surface area contributed by atoms with Crippen molar-refractivity contribution in [2.75, 3.05) is 26.9 Å². The number of nitrogens with one attached hydrogen (secondary N) is 1. The molecule has 7 heteroatoms. The van der Waals surface area contributed by atoms with Gasteiger partial charge in [-0.15, -0.1) is 0 Å². The number of hydrogen-bond donors (Lipinski definition) is 2. The number of nitrogens with zero attached hydrogens (tertiary/aromatic N) is 2. The maximum Gasteiger partial charge on any atom is 0.273 e. The molecule has 4 rings (SSSR count). The first kappa shape index (κ1) is 23.8. The van der Waals surface area contributed by atoms with E-state index in [1.165, 1.54) is 19.3 Å². The molecule has 0 saturated heterocycles. The number of ether oxygens (including phenoxy) is 2. The Hall–Kier alpha value is -3.32. The Morgan fingerprint density at radius 3 is 2.56 bits per heavy atom. The topological polar surface area (TPSA) is 87.7 Å². The number of fused-ring (bicyclic) bond motifs is 1. The fraction of sp³-hybridized carbons (Fsp3) is 0.407. The van der Waals surface area contributed by atoms with Crippen molar-refractivity contribution in [2.45, 2.75) is 45.1 Å². The quantitative estimate of drug-likeness (QED) is 0.355. The van der Waals surface area contributed by atoms with Gasteiger partial charge in [0.2, 0.25) is 0 Å². The van der Waals surface area contributed by atoms with Gasteiger partial charge in [-0.3, -0.25) is 9.89 Å². The molecule has 0 aliphatic carbocycles. The van der Waals surface area contributed by atoms with Crippen LogP contribution in [0, 0.1) is 0 Å². The minimum Gasteiger partial charge on any atom is -0.507 e. The van der Waals surface area contributed by atoms with Crippen LogP contribution in [0.3, 0.4) is 0 Å². The zero-order valence-electron chi connectivity index (χ0n) is 19.9. The van der Waals surface area contributed by atoms with Gasteiger partial charge in [-0.2, -0.15) is 5.10 Å². The normalized spacial score (nSPS) is 15.1. The van der Waals surface area contributed by atoms with Gasteiger partial charge in [0.05, 0.1) is 12.6 Å². The zero-order chi connectivity index (χ0) is 23.9. The number of aromatic hydroxyl groups is 1. The smallest absolute Gasteiger partial charge is 0.273 e. The van der Waals surface area contributed by atoms with Gasteiger partial charge in [-0.05, 0) is 42.7 Å². The molecule has 1 atom stereocenters. The first-order chi connectivity index (χ1) is 16.7. The molecule has 2 N–H and O–H groups in total. The van der Waals surface area contributed by atoms with Gasteiger partial charge in [-0.25, -0.2) is 0 Å². The van der Waals surface area contributed by atoms with Crippen molar-refractivity contribution in [2.24, 2.45) is 0 Å². The highest BCUT2D eigenvalue weighted by Crippen LogP contribution is 2.44. The van der Waals surface area contributed by atoms with Crippen molar-refractivity contribution in [1.29, 1.82) is 0 Å². The van der Waals surface area contributed by atoms with E-state index in [0.717, 1.165) is 29.7 Å². The van der Waals surface area contributed by atoms with E-state index >= 15 is 0 Å². The lowest BCUT2D eigenvalue weighted by molar-refractivity contribution is 0.0723. The van der Waals surface area contributed by atoms with Gasteiger partial charge in [-0.1, -0.05) is 50.5 Å². The Labute approximate surface area is 200 Å². The molecule has 1 amide bonds. The van der Waals surface area contributed by atoms with Crippen LogP contribution in [0.15, 0.2) is 48.5 Å². The molecule has 0 bridgehead atoms. The third-order valence-electron chi connectivity index (χ3n) is 6.23. The molecule has 180 valence electrons. The van der Waals surface area contributed by atoms with Crippen molar-refractivity contribution >= 4 is 5.91 Å². The Balaban J connectivity index is 1.63. The lowest BCUT2D eigenvalue weighted by Gasteiger charge is -2.26. The second kappa shape index (κ2) is 11.2. The van der Waals surface area contributed by atoms with E-state index in [1.807, 2.05) is 41.3 Å². The number of para-hydroxylation sites is 1. The maximum atomic E-state index is 13.3. The third-order valence-corrected chi connectivity index (χ3v) is 6.23. The van der Waals surface area contributed by atoms with Crippen LogP contribution in [0.5, 0.6) is 11.5 Å². The highest BCUT2D eigenvalue weighted by Gasteiger charge is 2.42. The van der Waals surface area contributed by atoms with E-state index in [0.29, 0.717) is 36.7 Å². The fourth-order valence-corrected chi connectivity index (χ4v) is 4.50. The Morgan fingerprint density at radius 2 is 1.82 bits per heavy atom. The summed E-state index contributed by atoms with van der Waals surface area (Å²) < 4.78 is 11.1. The lowest BCUT2D eigenvalue weighted by Crippen LogP contribution is -2.31. The highest BCUT2D eigenvalue weighted by atomic mass is 16.5. The van der Waals surface area contributed by atoms with Crippen LogP contribution in [0.1, 0.15) is 66.7 Å². The molecule has 0 unspecified atom stereocenters. The summed E-state index contributed by atoms with van der Waals surface area (Å²) in [6.45, 7) is 4.02. The number of H-pyrrole nitrogens is 1. The minimum atomic E-state index is -0.314. The predicted molar refractivity (Wildman–Crippen MR) is 131 cm³/mol. The minimum absolute atomic E-state index is 0.0958. The largest absolute Gasteiger partial charge is 0.507 e. The van der Waals surface area contributed by atoms with E-state index < -0.39 is 0 Å². The molecule has 0 radical (unpaired) electrons. The van der Waals surface area contributed by atoms with E-state index in [2.05, 4.69) is 17.1 Å². The van der Waals surface area contributed by atoms with Gasteiger partial charge in [0, 0.05) is 31.4 Å². The summed E-state index contributed by atoms with van der Waals surface area (Å²) in [4.78, 5) is 15.2. The van der Waals surface area contributed by atoms with Crippen LogP contribution in [0.2, 0.25) is 0 Å². The van der Waals surface area contributed by atoms with Gasteiger partial charge in [0.25, 0.3) is 5.91 Å². The van der Waals surface area contributed by atoms with Crippen molar-refractivity contribution in [3.05, 3.63) is 65.4 Å². The number of carbonyl (C=O) groups is 1. The Kier molecular flexibility index (Phi) is 7.85. The first-order valence-corrected chi connectivity index (χ1v) is 12.0. The SMILES string of the molecule is CCCCCCOc1ccc([C@H]2c3c(-c4ccccc4O)n[nH]c3C(=O)N2CCCOC)cc1. The summed E-state index contributed by atoms with van der Waals surface area (Å²) in [6.07, 6.45) is 5.37. The molecule has 1 aromatic heterocycles. The van der Waals surface area contributed by atoms with Gasteiger partial charge < -0.3 is 19.5 Å². The summed E-state index contributed by atoms with van der Waals surface area (Å²) in [7, 11) is 1.66. The third kappa shape index (κ3) is 4.94. The number of phenols is 1. The van der Waals surface area contributed by atoms with Gasteiger partial charge in [0.1, 0.15) is 22.9 Å². The molecule has 1 aliphatic rings. The first-order valence-electron chi connectivity index (χ1n) is 12.0. The number of unbranched alkanes of at least 4 members (excludes halogenated alkanes) is 3. The average Bonchev–Trinajstić information content (AvgIpc) is 3.39. The summed E-state index contributed by atoms with van der Waals surface area (Å²) in [5.41, 5.74) is 3.43. The molecule has 3 aromatic rings. The number of aromatic nitrogens is 2. The number of carbonyl (C=O) groups excluding carboxylic acids is 1. The number of methoxy groups -OCH3 is 1. The molecule has 0 fully saturated rings. The summed E-state index contributed by atoms with van der Waals surface area (Å²) in [5.74, 6) is 0.859.